The van der Waals surface area contributed by atoms with Crippen molar-refractivity contribution in [1.82, 2.24) is 19.8 Å². The van der Waals surface area contributed by atoms with E-state index in [9.17, 15) is 0 Å². The fraction of sp³-hybridized carbons (Fsp3) is 0.600. The van der Waals surface area contributed by atoms with Crippen molar-refractivity contribution in [2.45, 2.75) is 47.5 Å². The van der Waals surface area contributed by atoms with Crippen LogP contribution in [0.3, 0.4) is 0 Å². The molecule has 0 spiro atoms. The van der Waals surface area contributed by atoms with Gasteiger partial charge in [0.15, 0.2) is 0 Å². The van der Waals surface area contributed by atoms with E-state index in [1.165, 1.54) is 0 Å². The Bertz CT molecular complexity index is 757. The summed E-state index contributed by atoms with van der Waals surface area (Å²) in [6.07, 6.45) is 2.26. The minimum absolute atomic E-state index is 0.653. The SMILES string of the molecule is CCN(CC)CCCN(CCCN(CC)CC)c1cc(C)nc(Nc2ccc(Br)cc2)n1. The Kier molecular flexibility index (Phi) is 12.0. The Morgan fingerprint density at radius 3 is 1.81 bits per heavy atom. The van der Waals surface area contributed by atoms with Gasteiger partial charge in [0.25, 0.3) is 0 Å². The van der Waals surface area contributed by atoms with Crippen LogP contribution >= 0.6 is 15.9 Å². The largest absolute Gasteiger partial charge is 0.356 e. The number of nitrogens with zero attached hydrogens (tertiary/aromatic N) is 5. The first-order chi connectivity index (χ1) is 15.5. The summed E-state index contributed by atoms with van der Waals surface area (Å²) in [5, 5.41) is 3.37. The average Bonchev–Trinajstić information content (AvgIpc) is 2.79. The highest BCUT2D eigenvalue weighted by molar-refractivity contribution is 9.10. The normalized spacial score (nSPS) is 11.4. The third-order valence-electron chi connectivity index (χ3n) is 5.86. The molecule has 1 aromatic carbocycles. The van der Waals surface area contributed by atoms with Crippen LogP contribution in [0, 0.1) is 6.92 Å². The van der Waals surface area contributed by atoms with E-state index in [-0.39, 0.29) is 0 Å². The zero-order chi connectivity index (χ0) is 23.3. The highest BCUT2D eigenvalue weighted by Crippen LogP contribution is 2.21. The van der Waals surface area contributed by atoms with Crippen LogP contribution in [-0.4, -0.2) is 72.1 Å². The molecule has 0 amide bonds. The first-order valence-corrected chi connectivity index (χ1v) is 12.9. The lowest BCUT2D eigenvalue weighted by Gasteiger charge is -2.27. The Balaban J connectivity index is 2.13. The van der Waals surface area contributed by atoms with Gasteiger partial charge < -0.3 is 20.0 Å². The van der Waals surface area contributed by atoms with Gasteiger partial charge in [-0.2, -0.15) is 4.98 Å². The lowest BCUT2D eigenvalue weighted by Crippen LogP contribution is -2.33. The van der Waals surface area contributed by atoms with Gasteiger partial charge in [-0.1, -0.05) is 43.6 Å². The Hall–Kier alpha value is -1.70. The molecule has 0 aliphatic rings. The number of aryl methyl sites for hydroxylation is 1. The summed E-state index contributed by atoms with van der Waals surface area (Å²) >= 11 is 3.49. The highest BCUT2D eigenvalue weighted by atomic mass is 79.9. The monoisotopic (exact) mass is 504 g/mol. The summed E-state index contributed by atoms with van der Waals surface area (Å²) in [5.74, 6) is 1.66. The molecule has 0 radical (unpaired) electrons. The number of nitrogens with one attached hydrogen (secondary N) is 1. The average molecular weight is 506 g/mol. The van der Waals surface area contributed by atoms with E-state index in [0.717, 1.165) is 86.9 Å². The molecule has 0 atom stereocenters. The Labute approximate surface area is 203 Å². The van der Waals surface area contributed by atoms with Crippen molar-refractivity contribution in [1.29, 1.82) is 0 Å². The van der Waals surface area contributed by atoms with Gasteiger partial charge in [-0.15, -0.1) is 0 Å². The fourth-order valence-electron chi connectivity index (χ4n) is 3.82. The number of anilines is 3. The molecule has 178 valence electrons. The molecule has 6 nitrogen and oxygen atoms in total. The van der Waals surface area contributed by atoms with E-state index in [1.807, 2.05) is 31.2 Å². The van der Waals surface area contributed by atoms with Gasteiger partial charge in [-0.25, -0.2) is 4.98 Å². The van der Waals surface area contributed by atoms with Crippen LogP contribution in [0.25, 0.3) is 0 Å². The molecule has 1 heterocycles. The molecule has 1 aromatic heterocycles. The quantitative estimate of drug-likeness (QED) is 0.342. The van der Waals surface area contributed by atoms with Crippen LogP contribution in [0.5, 0.6) is 0 Å². The molecule has 2 aromatic rings. The van der Waals surface area contributed by atoms with Gasteiger partial charge in [0.05, 0.1) is 0 Å². The molecule has 2 rings (SSSR count). The lowest BCUT2D eigenvalue weighted by atomic mass is 10.2. The van der Waals surface area contributed by atoms with E-state index >= 15 is 0 Å². The maximum atomic E-state index is 4.89. The Morgan fingerprint density at radius 2 is 1.31 bits per heavy atom. The van der Waals surface area contributed by atoms with Crippen LogP contribution in [0.15, 0.2) is 34.8 Å². The molecule has 32 heavy (non-hydrogen) atoms. The summed E-state index contributed by atoms with van der Waals surface area (Å²) in [7, 11) is 0. The van der Waals surface area contributed by atoms with Crippen LogP contribution < -0.4 is 10.2 Å². The molecular weight excluding hydrogens is 464 g/mol. The number of hydrogen-bond donors (Lipinski definition) is 1. The third kappa shape index (κ3) is 9.04. The summed E-state index contributed by atoms with van der Waals surface area (Å²) in [6.45, 7) is 19.6. The maximum absolute atomic E-state index is 4.89. The molecule has 0 unspecified atom stereocenters. The zero-order valence-corrected chi connectivity index (χ0v) is 22.2. The second-order valence-corrected chi connectivity index (χ2v) is 8.99. The number of rotatable bonds is 15. The predicted molar refractivity (Wildman–Crippen MR) is 141 cm³/mol. The predicted octanol–water partition coefficient (Wildman–Crippen LogP) is 5.56. The van der Waals surface area contributed by atoms with E-state index in [2.05, 4.69) is 74.7 Å². The zero-order valence-electron chi connectivity index (χ0n) is 20.6. The smallest absolute Gasteiger partial charge is 0.229 e. The number of benzene rings is 1. The van der Waals surface area contributed by atoms with Crippen molar-refractivity contribution in [3.8, 4) is 0 Å². The summed E-state index contributed by atoms with van der Waals surface area (Å²) in [6, 6.07) is 10.2. The van der Waals surface area contributed by atoms with Gasteiger partial charge >= 0.3 is 0 Å². The van der Waals surface area contributed by atoms with Gasteiger partial charge in [0, 0.05) is 35.0 Å². The number of hydrogen-bond acceptors (Lipinski definition) is 6. The summed E-state index contributed by atoms with van der Waals surface area (Å²) in [5.41, 5.74) is 1.96. The molecule has 0 saturated heterocycles. The molecular formula is C25H41BrN6. The molecule has 1 N–H and O–H groups in total. The van der Waals surface area contributed by atoms with E-state index < -0.39 is 0 Å². The minimum atomic E-state index is 0.653. The standard InChI is InChI=1S/C25H41BrN6/c1-6-30(7-2)16-10-18-32(19-11-17-31(8-3)9-4)24-20-21(5)27-25(29-24)28-23-14-12-22(26)13-15-23/h12-15,20H,6-11,16-19H2,1-5H3,(H,27,28,29). The fourth-order valence-corrected chi connectivity index (χ4v) is 4.09. The van der Waals surface area contributed by atoms with Gasteiger partial charge in [-0.05, 0) is 83.3 Å². The van der Waals surface area contributed by atoms with E-state index in [4.69, 9.17) is 4.98 Å². The second-order valence-electron chi connectivity index (χ2n) is 8.07. The van der Waals surface area contributed by atoms with Gasteiger partial charge in [0.2, 0.25) is 5.95 Å². The molecule has 0 fully saturated rings. The van der Waals surface area contributed by atoms with Gasteiger partial charge in [0.1, 0.15) is 5.82 Å². The van der Waals surface area contributed by atoms with Crippen LogP contribution in [0.4, 0.5) is 17.5 Å². The highest BCUT2D eigenvalue weighted by Gasteiger charge is 2.13. The van der Waals surface area contributed by atoms with E-state index in [0.29, 0.717) is 5.95 Å². The minimum Gasteiger partial charge on any atom is -0.356 e. The van der Waals surface area contributed by atoms with Crippen LogP contribution in [0.2, 0.25) is 0 Å². The topological polar surface area (TPSA) is 47.5 Å². The van der Waals surface area contributed by atoms with Crippen LogP contribution in [-0.2, 0) is 0 Å². The summed E-state index contributed by atoms with van der Waals surface area (Å²) < 4.78 is 1.06. The Morgan fingerprint density at radius 1 is 0.781 bits per heavy atom. The molecule has 0 bridgehead atoms. The van der Waals surface area contributed by atoms with Crippen LogP contribution in [0.1, 0.15) is 46.2 Å². The van der Waals surface area contributed by atoms with E-state index in [1.54, 1.807) is 0 Å². The number of aromatic nitrogens is 2. The lowest BCUT2D eigenvalue weighted by molar-refractivity contribution is 0.294. The first-order valence-electron chi connectivity index (χ1n) is 12.1. The van der Waals surface area contributed by atoms with Crippen molar-refractivity contribution in [2.24, 2.45) is 0 Å². The number of halogens is 1. The third-order valence-corrected chi connectivity index (χ3v) is 6.39. The second kappa shape index (κ2) is 14.4. The first kappa shape index (κ1) is 26.6. The maximum Gasteiger partial charge on any atom is 0.229 e. The molecule has 0 saturated carbocycles. The van der Waals surface area contributed by atoms with Crippen molar-refractivity contribution < 1.29 is 0 Å². The molecule has 7 heteroatoms. The van der Waals surface area contributed by atoms with Crippen molar-refractivity contribution in [3.05, 3.63) is 40.5 Å². The van der Waals surface area contributed by atoms with Gasteiger partial charge in [-0.3, -0.25) is 0 Å². The van der Waals surface area contributed by atoms with Crippen molar-refractivity contribution >= 4 is 33.4 Å². The van der Waals surface area contributed by atoms with Crippen molar-refractivity contribution in [3.63, 3.8) is 0 Å². The van der Waals surface area contributed by atoms with Crippen molar-refractivity contribution in [2.75, 3.05) is 62.6 Å². The molecule has 0 aliphatic carbocycles. The summed E-state index contributed by atoms with van der Waals surface area (Å²) in [4.78, 5) is 16.9. The molecule has 0 aliphatic heterocycles.